The Morgan fingerprint density at radius 2 is 2.31 bits per heavy atom. The summed E-state index contributed by atoms with van der Waals surface area (Å²) in [5.41, 5.74) is 0. The summed E-state index contributed by atoms with van der Waals surface area (Å²) < 4.78 is 25.1. The van der Waals surface area contributed by atoms with Gasteiger partial charge < -0.3 is 5.32 Å². The van der Waals surface area contributed by atoms with Crippen LogP contribution in [0.1, 0.15) is 19.8 Å². The zero-order valence-corrected chi connectivity index (χ0v) is 8.86. The van der Waals surface area contributed by atoms with Gasteiger partial charge >= 0.3 is 0 Å². The van der Waals surface area contributed by atoms with Crippen molar-refractivity contribution < 1.29 is 8.42 Å². The van der Waals surface area contributed by atoms with Gasteiger partial charge in [-0.1, -0.05) is 6.92 Å². The highest BCUT2D eigenvalue weighted by molar-refractivity contribution is 7.89. The molecule has 0 aromatic rings. The summed E-state index contributed by atoms with van der Waals surface area (Å²) in [6.07, 6.45) is 1.76. The van der Waals surface area contributed by atoms with Gasteiger partial charge in [-0.3, -0.25) is 0 Å². The summed E-state index contributed by atoms with van der Waals surface area (Å²) in [7, 11) is -3.00. The quantitative estimate of drug-likeness (QED) is 0.662. The SMILES string of the molecule is CCCS(=O)(=O)NCC1CCNC1. The third kappa shape index (κ3) is 4.06. The maximum Gasteiger partial charge on any atom is 0.211 e. The molecule has 0 saturated carbocycles. The highest BCUT2D eigenvalue weighted by Gasteiger charge is 2.17. The fourth-order valence-electron chi connectivity index (χ4n) is 1.47. The summed E-state index contributed by atoms with van der Waals surface area (Å²) in [5.74, 6) is 0.722. The number of hydrogen-bond donors (Lipinski definition) is 2. The highest BCUT2D eigenvalue weighted by Crippen LogP contribution is 2.05. The molecule has 0 aromatic carbocycles. The van der Waals surface area contributed by atoms with E-state index < -0.39 is 10.0 Å². The molecule has 1 rings (SSSR count). The van der Waals surface area contributed by atoms with Crippen LogP contribution in [-0.4, -0.2) is 33.8 Å². The second-order valence-electron chi connectivity index (χ2n) is 3.53. The molecule has 4 nitrogen and oxygen atoms in total. The van der Waals surface area contributed by atoms with Crippen LogP contribution >= 0.6 is 0 Å². The number of nitrogens with one attached hydrogen (secondary N) is 2. The Labute approximate surface area is 80.1 Å². The third-order valence-electron chi connectivity index (χ3n) is 2.23. The van der Waals surface area contributed by atoms with Crippen LogP contribution in [0.4, 0.5) is 0 Å². The minimum Gasteiger partial charge on any atom is -0.316 e. The molecule has 78 valence electrons. The van der Waals surface area contributed by atoms with E-state index in [-0.39, 0.29) is 5.75 Å². The first-order valence-corrected chi connectivity index (χ1v) is 6.47. The topological polar surface area (TPSA) is 58.2 Å². The van der Waals surface area contributed by atoms with Gasteiger partial charge in [0.1, 0.15) is 0 Å². The lowest BCUT2D eigenvalue weighted by Gasteiger charge is -2.09. The van der Waals surface area contributed by atoms with Gasteiger partial charge in [0.15, 0.2) is 0 Å². The number of hydrogen-bond acceptors (Lipinski definition) is 3. The second kappa shape index (κ2) is 4.93. The van der Waals surface area contributed by atoms with Crippen LogP contribution < -0.4 is 10.0 Å². The van der Waals surface area contributed by atoms with Crippen molar-refractivity contribution in [2.45, 2.75) is 19.8 Å². The lowest BCUT2D eigenvalue weighted by atomic mass is 10.1. The summed E-state index contributed by atoms with van der Waals surface area (Å²) in [6.45, 7) is 4.42. The first-order chi connectivity index (χ1) is 6.14. The number of rotatable bonds is 5. The van der Waals surface area contributed by atoms with Gasteiger partial charge in [-0.2, -0.15) is 0 Å². The van der Waals surface area contributed by atoms with E-state index in [1.807, 2.05) is 6.92 Å². The molecule has 1 aliphatic rings. The molecular formula is C8H18N2O2S. The van der Waals surface area contributed by atoms with Crippen LogP contribution in [0.3, 0.4) is 0 Å². The molecular weight excluding hydrogens is 188 g/mol. The van der Waals surface area contributed by atoms with Gasteiger partial charge in [-0.15, -0.1) is 0 Å². The molecule has 13 heavy (non-hydrogen) atoms. The molecule has 1 aliphatic heterocycles. The summed E-state index contributed by atoms with van der Waals surface area (Å²) in [4.78, 5) is 0. The van der Waals surface area contributed by atoms with E-state index in [1.54, 1.807) is 0 Å². The van der Waals surface area contributed by atoms with Crippen molar-refractivity contribution in [3.63, 3.8) is 0 Å². The van der Waals surface area contributed by atoms with Crippen molar-refractivity contribution in [1.82, 2.24) is 10.0 Å². The van der Waals surface area contributed by atoms with Crippen LogP contribution in [0.25, 0.3) is 0 Å². The van der Waals surface area contributed by atoms with Crippen LogP contribution in [0.15, 0.2) is 0 Å². The summed E-state index contributed by atoms with van der Waals surface area (Å²) in [6, 6.07) is 0. The molecule has 0 aromatic heterocycles. The molecule has 0 bridgehead atoms. The van der Waals surface area contributed by atoms with Crippen LogP contribution in [0, 0.1) is 5.92 Å². The third-order valence-corrected chi connectivity index (χ3v) is 3.78. The van der Waals surface area contributed by atoms with E-state index in [9.17, 15) is 8.42 Å². The Kier molecular flexibility index (Phi) is 4.15. The normalized spacial score (nSPS) is 23.6. The maximum absolute atomic E-state index is 11.3. The Morgan fingerprint density at radius 3 is 2.85 bits per heavy atom. The van der Waals surface area contributed by atoms with Crippen molar-refractivity contribution in [1.29, 1.82) is 0 Å². The van der Waals surface area contributed by atoms with Crippen LogP contribution in [0.2, 0.25) is 0 Å². The van der Waals surface area contributed by atoms with Crippen molar-refractivity contribution in [2.75, 3.05) is 25.4 Å². The lowest BCUT2D eigenvalue weighted by molar-refractivity contribution is 0.538. The monoisotopic (exact) mass is 206 g/mol. The van der Waals surface area contributed by atoms with Crippen LogP contribution in [-0.2, 0) is 10.0 Å². The van der Waals surface area contributed by atoms with E-state index in [0.29, 0.717) is 18.9 Å². The predicted octanol–water partition coefficient (Wildman–Crippen LogP) is -0.0747. The molecule has 5 heteroatoms. The molecule has 1 atom stereocenters. The number of sulfonamides is 1. The first-order valence-electron chi connectivity index (χ1n) is 4.82. The standard InChI is InChI=1S/C8H18N2O2S/c1-2-5-13(11,12)10-7-8-3-4-9-6-8/h8-10H,2-7H2,1H3. The van der Waals surface area contributed by atoms with E-state index >= 15 is 0 Å². The van der Waals surface area contributed by atoms with Crippen molar-refractivity contribution in [3.05, 3.63) is 0 Å². The second-order valence-corrected chi connectivity index (χ2v) is 5.45. The molecule has 1 heterocycles. The zero-order chi connectivity index (χ0) is 9.73. The summed E-state index contributed by atoms with van der Waals surface area (Å²) in [5, 5.41) is 3.21. The smallest absolute Gasteiger partial charge is 0.211 e. The fourth-order valence-corrected chi connectivity index (χ4v) is 2.65. The maximum atomic E-state index is 11.3. The molecule has 2 N–H and O–H groups in total. The first kappa shape index (κ1) is 10.9. The zero-order valence-electron chi connectivity index (χ0n) is 8.04. The van der Waals surface area contributed by atoms with Gasteiger partial charge in [0.25, 0.3) is 0 Å². The molecule has 0 aliphatic carbocycles. The van der Waals surface area contributed by atoms with Gasteiger partial charge in [0.05, 0.1) is 5.75 Å². The summed E-state index contributed by atoms with van der Waals surface area (Å²) >= 11 is 0. The van der Waals surface area contributed by atoms with Crippen molar-refractivity contribution in [3.8, 4) is 0 Å². The predicted molar refractivity (Wildman–Crippen MR) is 53.1 cm³/mol. The van der Waals surface area contributed by atoms with Gasteiger partial charge in [-0.25, -0.2) is 13.1 Å². The van der Waals surface area contributed by atoms with Gasteiger partial charge in [-0.05, 0) is 31.8 Å². The van der Waals surface area contributed by atoms with E-state index in [0.717, 1.165) is 19.5 Å². The molecule has 1 fully saturated rings. The fraction of sp³-hybridized carbons (Fsp3) is 1.00. The van der Waals surface area contributed by atoms with Gasteiger partial charge in [0, 0.05) is 6.54 Å². The Bertz CT molecular complexity index is 233. The van der Waals surface area contributed by atoms with E-state index in [4.69, 9.17) is 0 Å². The molecule has 0 radical (unpaired) electrons. The van der Waals surface area contributed by atoms with Gasteiger partial charge in [0.2, 0.25) is 10.0 Å². The highest BCUT2D eigenvalue weighted by atomic mass is 32.2. The Hall–Kier alpha value is -0.130. The minimum atomic E-state index is -3.00. The van der Waals surface area contributed by atoms with E-state index in [2.05, 4.69) is 10.0 Å². The van der Waals surface area contributed by atoms with Crippen molar-refractivity contribution in [2.24, 2.45) is 5.92 Å². The molecule has 1 saturated heterocycles. The van der Waals surface area contributed by atoms with Crippen LogP contribution in [0.5, 0.6) is 0 Å². The Balaban J connectivity index is 2.24. The minimum absolute atomic E-state index is 0.243. The van der Waals surface area contributed by atoms with E-state index in [1.165, 1.54) is 0 Å². The Morgan fingerprint density at radius 1 is 1.54 bits per heavy atom. The average molecular weight is 206 g/mol. The van der Waals surface area contributed by atoms with Crippen molar-refractivity contribution >= 4 is 10.0 Å². The molecule has 1 unspecified atom stereocenters. The molecule has 0 amide bonds. The largest absolute Gasteiger partial charge is 0.316 e. The average Bonchev–Trinajstić information content (AvgIpc) is 2.52. The molecule has 0 spiro atoms. The lowest BCUT2D eigenvalue weighted by Crippen LogP contribution is -2.31.